The number of hydrogen-bond acceptors (Lipinski definition) is 3. The van der Waals surface area contributed by atoms with Crippen molar-refractivity contribution in [2.24, 2.45) is 5.73 Å². The minimum Gasteiger partial charge on any atom is -0.326 e. The van der Waals surface area contributed by atoms with Crippen LogP contribution in [-0.4, -0.2) is 24.0 Å². The summed E-state index contributed by atoms with van der Waals surface area (Å²) in [7, 11) is 2.23. The molecular weight excluding hydrogens is 296 g/mol. The molecule has 2 atom stereocenters. The number of hydrogen-bond donors (Lipinski definition) is 1. The van der Waals surface area contributed by atoms with Gasteiger partial charge in [-0.05, 0) is 54.4 Å². The van der Waals surface area contributed by atoms with Gasteiger partial charge in [-0.25, -0.2) is 0 Å². The first kappa shape index (κ1) is 13.5. The van der Waals surface area contributed by atoms with E-state index in [4.69, 9.17) is 5.73 Å². The average molecular weight is 317 g/mol. The molecule has 0 aromatic carbocycles. The van der Waals surface area contributed by atoms with Crippen molar-refractivity contribution in [3.8, 4) is 0 Å². The van der Waals surface area contributed by atoms with E-state index in [2.05, 4.69) is 46.9 Å². The Hall–Kier alpha value is 0.1000. The number of halogens is 1. The van der Waals surface area contributed by atoms with Crippen molar-refractivity contribution in [2.75, 3.05) is 7.05 Å². The largest absolute Gasteiger partial charge is 0.326 e. The van der Waals surface area contributed by atoms with Gasteiger partial charge in [0.05, 0.1) is 9.83 Å². The van der Waals surface area contributed by atoms with Gasteiger partial charge in [0.2, 0.25) is 0 Å². The zero-order valence-corrected chi connectivity index (χ0v) is 12.9. The Morgan fingerprint density at radius 3 is 2.65 bits per heavy atom. The molecule has 2 rings (SSSR count). The molecule has 0 amide bonds. The van der Waals surface area contributed by atoms with E-state index < -0.39 is 0 Å². The van der Waals surface area contributed by atoms with E-state index in [-0.39, 0.29) is 6.04 Å². The lowest BCUT2D eigenvalue weighted by Gasteiger charge is -2.41. The van der Waals surface area contributed by atoms with Gasteiger partial charge in [0.15, 0.2) is 0 Å². The van der Waals surface area contributed by atoms with Crippen molar-refractivity contribution in [2.45, 2.75) is 50.7 Å². The topological polar surface area (TPSA) is 29.3 Å². The third-order valence-corrected chi connectivity index (χ3v) is 5.55. The van der Waals surface area contributed by atoms with Crippen LogP contribution in [-0.2, 0) is 0 Å². The van der Waals surface area contributed by atoms with Crippen LogP contribution in [0.15, 0.2) is 15.9 Å². The molecule has 17 heavy (non-hydrogen) atoms. The van der Waals surface area contributed by atoms with E-state index in [0.29, 0.717) is 6.04 Å². The molecule has 2 N–H and O–H groups in total. The molecule has 1 fully saturated rings. The van der Waals surface area contributed by atoms with E-state index in [1.165, 1.54) is 27.9 Å². The summed E-state index contributed by atoms with van der Waals surface area (Å²) in [5.41, 5.74) is 6.33. The number of nitrogens with two attached hydrogens (primary N) is 1. The van der Waals surface area contributed by atoms with E-state index in [1.807, 2.05) is 11.3 Å². The van der Waals surface area contributed by atoms with Gasteiger partial charge >= 0.3 is 0 Å². The maximum atomic E-state index is 6.33. The number of thiophene rings is 1. The van der Waals surface area contributed by atoms with Crippen molar-refractivity contribution in [1.82, 2.24) is 4.90 Å². The minimum atomic E-state index is 0.228. The second-order valence-electron chi connectivity index (χ2n) is 4.91. The van der Waals surface area contributed by atoms with Gasteiger partial charge in [0.1, 0.15) is 0 Å². The second-order valence-corrected chi connectivity index (χ2v) is 7.40. The van der Waals surface area contributed by atoms with Crippen LogP contribution in [0.5, 0.6) is 0 Å². The van der Waals surface area contributed by atoms with E-state index >= 15 is 0 Å². The third-order valence-electron chi connectivity index (χ3n) is 3.85. The van der Waals surface area contributed by atoms with Crippen LogP contribution in [0.25, 0.3) is 0 Å². The summed E-state index contributed by atoms with van der Waals surface area (Å²) in [6.07, 6.45) is 5.06. The van der Waals surface area contributed by atoms with Crippen LogP contribution in [0.3, 0.4) is 0 Å². The van der Waals surface area contributed by atoms with Gasteiger partial charge in [-0.3, -0.25) is 4.90 Å². The Bertz CT molecular complexity index is 362. The summed E-state index contributed by atoms with van der Waals surface area (Å²) in [6, 6.07) is 5.68. The molecule has 1 aliphatic rings. The lowest BCUT2D eigenvalue weighted by Crippen LogP contribution is -2.46. The Morgan fingerprint density at radius 2 is 2.24 bits per heavy atom. The normalized spacial score (nSPS) is 20.3. The van der Waals surface area contributed by atoms with E-state index in [9.17, 15) is 0 Å². The fourth-order valence-electron chi connectivity index (χ4n) is 2.45. The molecule has 2 nitrogen and oxygen atoms in total. The van der Waals surface area contributed by atoms with Gasteiger partial charge in [-0.2, -0.15) is 0 Å². The number of likely N-dealkylation sites (N-methyl/N-ethyl adjacent to an activating group) is 1. The van der Waals surface area contributed by atoms with E-state index in [0.717, 1.165) is 12.5 Å². The smallest absolute Gasteiger partial charge is 0.0702 e. The number of nitrogens with zero attached hydrogens (tertiary/aromatic N) is 1. The lowest BCUT2D eigenvalue weighted by molar-refractivity contribution is 0.0957. The van der Waals surface area contributed by atoms with Gasteiger partial charge in [0, 0.05) is 17.0 Å². The molecule has 0 spiro atoms. The summed E-state index contributed by atoms with van der Waals surface area (Å²) in [6.45, 7) is 2.18. The second kappa shape index (κ2) is 5.83. The molecule has 4 heteroatoms. The molecule has 1 heterocycles. The molecule has 1 aromatic heterocycles. The highest BCUT2D eigenvalue weighted by molar-refractivity contribution is 9.11. The first-order chi connectivity index (χ1) is 8.13. The molecule has 2 unspecified atom stereocenters. The standard InChI is InChI=1S/C13H21BrN2S/c1-3-10(15)13(11-7-8-12(14)17-11)16(2)9-5-4-6-9/h7-10,13H,3-6,15H2,1-2H3. The van der Waals surface area contributed by atoms with Crippen molar-refractivity contribution >= 4 is 27.3 Å². The summed E-state index contributed by atoms with van der Waals surface area (Å²) in [5, 5.41) is 0. The molecular formula is C13H21BrN2S. The Labute approximate surface area is 116 Å². The van der Waals surface area contributed by atoms with Crippen molar-refractivity contribution in [3.63, 3.8) is 0 Å². The van der Waals surface area contributed by atoms with Gasteiger partial charge in [-0.15, -0.1) is 11.3 Å². The highest BCUT2D eigenvalue weighted by atomic mass is 79.9. The van der Waals surface area contributed by atoms with Crippen LogP contribution in [0.2, 0.25) is 0 Å². The molecule has 1 aromatic rings. The molecule has 0 saturated heterocycles. The monoisotopic (exact) mass is 316 g/mol. The minimum absolute atomic E-state index is 0.228. The number of rotatable bonds is 5. The van der Waals surface area contributed by atoms with Crippen LogP contribution in [0.4, 0.5) is 0 Å². The zero-order valence-electron chi connectivity index (χ0n) is 10.5. The van der Waals surface area contributed by atoms with Gasteiger partial charge in [0.25, 0.3) is 0 Å². The maximum Gasteiger partial charge on any atom is 0.0702 e. The average Bonchev–Trinajstić information content (AvgIpc) is 2.62. The molecule has 1 aliphatic carbocycles. The summed E-state index contributed by atoms with van der Waals surface area (Å²) < 4.78 is 1.20. The van der Waals surface area contributed by atoms with Crippen LogP contribution in [0, 0.1) is 0 Å². The van der Waals surface area contributed by atoms with Crippen LogP contribution < -0.4 is 5.73 Å². The third kappa shape index (κ3) is 2.92. The SMILES string of the molecule is CCC(N)C(c1ccc(Br)s1)N(C)C1CCC1. The predicted octanol–water partition coefficient (Wildman–Crippen LogP) is 3.77. The zero-order chi connectivity index (χ0) is 12.4. The first-order valence-electron chi connectivity index (χ1n) is 6.36. The summed E-state index contributed by atoms with van der Waals surface area (Å²) in [4.78, 5) is 3.89. The predicted molar refractivity (Wildman–Crippen MR) is 78.4 cm³/mol. The van der Waals surface area contributed by atoms with E-state index in [1.54, 1.807) is 0 Å². The van der Waals surface area contributed by atoms with Gasteiger partial charge < -0.3 is 5.73 Å². The van der Waals surface area contributed by atoms with Crippen LogP contribution >= 0.6 is 27.3 Å². The molecule has 0 bridgehead atoms. The fraction of sp³-hybridized carbons (Fsp3) is 0.692. The Morgan fingerprint density at radius 1 is 1.53 bits per heavy atom. The highest BCUT2D eigenvalue weighted by Gasteiger charge is 2.32. The van der Waals surface area contributed by atoms with Crippen molar-refractivity contribution in [3.05, 3.63) is 20.8 Å². The van der Waals surface area contributed by atoms with Crippen molar-refractivity contribution in [1.29, 1.82) is 0 Å². The molecule has 96 valence electrons. The van der Waals surface area contributed by atoms with Crippen molar-refractivity contribution < 1.29 is 0 Å². The summed E-state index contributed by atoms with van der Waals surface area (Å²) >= 11 is 5.36. The van der Waals surface area contributed by atoms with Crippen LogP contribution in [0.1, 0.15) is 43.5 Å². The molecule has 0 aliphatic heterocycles. The molecule has 1 saturated carbocycles. The Balaban J connectivity index is 2.17. The summed E-state index contributed by atoms with van der Waals surface area (Å²) in [5.74, 6) is 0. The quantitative estimate of drug-likeness (QED) is 0.895. The fourth-order valence-corrected chi connectivity index (χ4v) is 4.10. The maximum absolute atomic E-state index is 6.33. The first-order valence-corrected chi connectivity index (χ1v) is 7.97. The highest BCUT2D eigenvalue weighted by Crippen LogP contribution is 2.37. The lowest BCUT2D eigenvalue weighted by atomic mass is 9.89. The molecule has 0 radical (unpaired) electrons. The van der Waals surface area contributed by atoms with Gasteiger partial charge in [-0.1, -0.05) is 13.3 Å². The Kier molecular flexibility index (Phi) is 4.64.